The molecule has 68 valence electrons. The zero-order chi connectivity index (χ0) is 9.42. The Bertz CT molecular complexity index is 371. The molecule has 13 heavy (non-hydrogen) atoms. The molecule has 0 unspecified atom stereocenters. The zero-order valence-electron chi connectivity index (χ0n) is 7.42. The summed E-state index contributed by atoms with van der Waals surface area (Å²) in [5.41, 5.74) is 2.46. The number of Topliss-reactive ketones (excluding diaryl/α,β-unsaturated/α-hetero) is 1. The maximum absolute atomic E-state index is 11.1. The first-order chi connectivity index (χ1) is 6.18. The van der Waals surface area contributed by atoms with Crippen molar-refractivity contribution in [3.05, 3.63) is 23.3 Å². The molecule has 1 aromatic carbocycles. The average molecular weight is 177 g/mol. The summed E-state index contributed by atoms with van der Waals surface area (Å²) in [4.78, 5) is 11.1. The maximum atomic E-state index is 11.1. The SMILES string of the molecule is CC(=O)c1cc2c(cc1O)CCN2. The number of rotatable bonds is 1. The van der Waals surface area contributed by atoms with Crippen molar-refractivity contribution in [2.24, 2.45) is 0 Å². The molecule has 2 rings (SSSR count). The third-order valence-electron chi connectivity index (χ3n) is 2.31. The van der Waals surface area contributed by atoms with Crippen LogP contribution in [0.2, 0.25) is 0 Å². The van der Waals surface area contributed by atoms with Gasteiger partial charge in [0.25, 0.3) is 0 Å². The molecular formula is C10H11NO2. The Labute approximate surface area is 76.4 Å². The molecule has 0 radical (unpaired) electrons. The van der Waals surface area contributed by atoms with Gasteiger partial charge >= 0.3 is 0 Å². The number of hydrogen-bond donors (Lipinski definition) is 2. The second kappa shape index (κ2) is 2.76. The van der Waals surface area contributed by atoms with Crippen LogP contribution in [0.25, 0.3) is 0 Å². The van der Waals surface area contributed by atoms with Crippen LogP contribution in [0, 0.1) is 0 Å². The molecule has 0 aromatic heterocycles. The van der Waals surface area contributed by atoms with E-state index in [2.05, 4.69) is 5.32 Å². The Kier molecular flexibility index (Phi) is 1.72. The Morgan fingerprint density at radius 1 is 1.54 bits per heavy atom. The topological polar surface area (TPSA) is 49.3 Å². The van der Waals surface area contributed by atoms with Gasteiger partial charge < -0.3 is 10.4 Å². The summed E-state index contributed by atoms with van der Waals surface area (Å²) < 4.78 is 0. The largest absolute Gasteiger partial charge is 0.507 e. The minimum atomic E-state index is -0.103. The molecule has 0 saturated carbocycles. The van der Waals surface area contributed by atoms with Crippen molar-refractivity contribution in [2.45, 2.75) is 13.3 Å². The third-order valence-corrected chi connectivity index (χ3v) is 2.31. The summed E-state index contributed by atoms with van der Waals surface area (Å²) in [6.07, 6.45) is 0.918. The van der Waals surface area contributed by atoms with Crippen LogP contribution < -0.4 is 5.32 Å². The lowest BCUT2D eigenvalue weighted by Gasteiger charge is -2.04. The van der Waals surface area contributed by atoms with Crippen molar-refractivity contribution in [3.8, 4) is 5.75 Å². The number of fused-ring (bicyclic) bond motifs is 1. The van der Waals surface area contributed by atoms with E-state index in [-0.39, 0.29) is 11.5 Å². The number of nitrogens with one attached hydrogen (secondary N) is 1. The molecule has 3 nitrogen and oxygen atoms in total. The second-order valence-electron chi connectivity index (χ2n) is 3.26. The lowest BCUT2D eigenvalue weighted by molar-refractivity contribution is 0.101. The van der Waals surface area contributed by atoms with Crippen molar-refractivity contribution in [3.63, 3.8) is 0 Å². The van der Waals surface area contributed by atoms with Crippen molar-refractivity contribution in [2.75, 3.05) is 11.9 Å². The number of aromatic hydroxyl groups is 1. The van der Waals surface area contributed by atoms with Crippen LogP contribution in [0.5, 0.6) is 5.75 Å². The molecule has 0 atom stereocenters. The number of carbonyl (C=O) groups is 1. The van der Waals surface area contributed by atoms with Crippen molar-refractivity contribution in [1.82, 2.24) is 0 Å². The quantitative estimate of drug-likeness (QED) is 0.505. The predicted octanol–water partition coefficient (Wildman–Crippen LogP) is 1.56. The summed E-state index contributed by atoms with van der Waals surface area (Å²) in [6.45, 7) is 2.34. The van der Waals surface area contributed by atoms with Crippen molar-refractivity contribution >= 4 is 11.5 Å². The Hall–Kier alpha value is -1.51. The number of benzene rings is 1. The third kappa shape index (κ3) is 1.26. The highest BCUT2D eigenvalue weighted by Crippen LogP contribution is 2.29. The Balaban J connectivity index is 2.55. The van der Waals surface area contributed by atoms with Crippen LogP contribution >= 0.6 is 0 Å². The molecular weight excluding hydrogens is 166 g/mol. The molecule has 1 heterocycles. The molecule has 0 amide bonds. The molecule has 0 fully saturated rings. The van der Waals surface area contributed by atoms with E-state index >= 15 is 0 Å². The van der Waals surface area contributed by atoms with Gasteiger partial charge in [0.1, 0.15) is 5.75 Å². The average Bonchev–Trinajstić information content (AvgIpc) is 2.48. The normalized spacial score (nSPS) is 13.6. The lowest BCUT2D eigenvalue weighted by atomic mass is 10.1. The number of anilines is 1. The molecule has 0 saturated heterocycles. The van der Waals surface area contributed by atoms with Crippen molar-refractivity contribution in [1.29, 1.82) is 0 Å². The van der Waals surface area contributed by atoms with E-state index in [1.807, 2.05) is 0 Å². The van der Waals surface area contributed by atoms with Gasteiger partial charge in [0, 0.05) is 12.2 Å². The summed E-state index contributed by atoms with van der Waals surface area (Å²) in [5.74, 6) is -0.0102. The molecule has 2 N–H and O–H groups in total. The Morgan fingerprint density at radius 2 is 2.31 bits per heavy atom. The molecule has 0 spiro atoms. The maximum Gasteiger partial charge on any atom is 0.163 e. The van der Waals surface area contributed by atoms with E-state index in [0.717, 1.165) is 24.2 Å². The highest BCUT2D eigenvalue weighted by atomic mass is 16.3. The zero-order valence-corrected chi connectivity index (χ0v) is 7.42. The molecule has 3 heteroatoms. The van der Waals surface area contributed by atoms with Crippen molar-refractivity contribution < 1.29 is 9.90 Å². The number of hydrogen-bond acceptors (Lipinski definition) is 3. The second-order valence-corrected chi connectivity index (χ2v) is 3.26. The monoisotopic (exact) mass is 177 g/mol. The van der Waals surface area contributed by atoms with Gasteiger partial charge in [-0.25, -0.2) is 0 Å². The number of carbonyl (C=O) groups excluding carboxylic acids is 1. The van der Waals surface area contributed by atoms with Crippen LogP contribution in [0.15, 0.2) is 12.1 Å². The summed E-state index contributed by atoms with van der Waals surface area (Å²) in [7, 11) is 0. The summed E-state index contributed by atoms with van der Waals surface area (Å²) in [6, 6.07) is 3.39. The van der Waals surface area contributed by atoms with E-state index < -0.39 is 0 Å². The molecule has 1 aliphatic heterocycles. The van der Waals surface area contributed by atoms with Crippen LogP contribution in [-0.2, 0) is 6.42 Å². The van der Waals surface area contributed by atoms with Gasteiger partial charge in [0.05, 0.1) is 5.56 Å². The van der Waals surface area contributed by atoms with E-state index in [1.165, 1.54) is 6.92 Å². The first-order valence-electron chi connectivity index (χ1n) is 4.29. The molecule has 1 aromatic rings. The highest BCUT2D eigenvalue weighted by molar-refractivity contribution is 5.98. The van der Waals surface area contributed by atoms with E-state index in [0.29, 0.717) is 5.56 Å². The van der Waals surface area contributed by atoms with Gasteiger partial charge in [-0.15, -0.1) is 0 Å². The number of ketones is 1. The fourth-order valence-corrected chi connectivity index (χ4v) is 1.62. The van der Waals surface area contributed by atoms with Gasteiger partial charge in [0.15, 0.2) is 5.78 Å². The standard InChI is InChI=1S/C10H11NO2/c1-6(12)8-5-9-7(2-3-11-9)4-10(8)13/h4-5,11,13H,2-3H2,1H3. The van der Waals surface area contributed by atoms with Gasteiger partial charge in [-0.2, -0.15) is 0 Å². The van der Waals surface area contributed by atoms with E-state index in [9.17, 15) is 9.90 Å². The van der Waals surface area contributed by atoms with E-state index in [4.69, 9.17) is 0 Å². The van der Waals surface area contributed by atoms with E-state index in [1.54, 1.807) is 12.1 Å². The first kappa shape index (κ1) is 8.10. The first-order valence-corrected chi connectivity index (χ1v) is 4.29. The van der Waals surface area contributed by atoms with Crippen LogP contribution in [0.1, 0.15) is 22.8 Å². The number of phenolic OH excluding ortho intramolecular Hbond substituents is 1. The van der Waals surface area contributed by atoms with Crippen LogP contribution in [0.4, 0.5) is 5.69 Å². The molecule has 1 aliphatic rings. The lowest BCUT2D eigenvalue weighted by Crippen LogP contribution is -1.95. The summed E-state index contributed by atoms with van der Waals surface area (Å²) >= 11 is 0. The fraction of sp³-hybridized carbons (Fsp3) is 0.300. The van der Waals surface area contributed by atoms with Gasteiger partial charge in [0.2, 0.25) is 0 Å². The minimum absolute atomic E-state index is 0.0925. The highest BCUT2D eigenvalue weighted by Gasteiger charge is 2.15. The summed E-state index contributed by atoms with van der Waals surface area (Å²) in [5, 5.41) is 12.7. The smallest absolute Gasteiger partial charge is 0.163 e. The fourth-order valence-electron chi connectivity index (χ4n) is 1.62. The number of phenols is 1. The minimum Gasteiger partial charge on any atom is -0.507 e. The van der Waals surface area contributed by atoms with Crippen LogP contribution in [0.3, 0.4) is 0 Å². The van der Waals surface area contributed by atoms with Gasteiger partial charge in [-0.1, -0.05) is 0 Å². The van der Waals surface area contributed by atoms with Crippen LogP contribution in [-0.4, -0.2) is 17.4 Å². The van der Waals surface area contributed by atoms with Gasteiger partial charge in [-0.05, 0) is 31.0 Å². The Morgan fingerprint density at radius 3 is 3.00 bits per heavy atom. The molecule has 0 bridgehead atoms. The predicted molar refractivity (Wildman–Crippen MR) is 50.3 cm³/mol. The van der Waals surface area contributed by atoms with Gasteiger partial charge in [-0.3, -0.25) is 4.79 Å². The molecule has 0 aliphatic carbocycles.